The number of allylic oxidation sites excluding steroid dienone is 2. The minimum atomic E-state index is -3.98. The van der Waals surface area contributed by atoms with Gasteiger partial charge in [0.05, 0.1) is 5.57 Å². The molecule has 1 aliphatic rings. The van der Waals surface area contributed by atoms with E-state index in [9.17, 15) is 13.7 Å². The largest absolute Gasteiger partial charge is 0.358 e. The Balaban J connectivity index is 1.79. The topological polar surface area (TPSA) is 79.5 Å². The molecule has 0 spiro atoms. The fraction of sp³-hybridized carbons (Fsp3) is 0.0526. The summed E-state index contributed by atoms with van der Waals surface area (Å²) in [6, 6.07) is 17.7. The van der Waals surface area contributed by atoms with E-state index in [2.05, 4.69) is 11.2 Å². The van der Waals surface area contributed by atoms with Crippen molar-refractivity contribution < 1.29 is 12.7 Å². The minimum absolute atomic E-state index is 0.0391. The van der Waals surface area contributed by atoms with Gasteiger partial charge in [0.15, 0.2) is 0 Å². The summed E-state index contributed by atoms with van der Waals surface area (Å²) >= 11 is 1.18. The van der Waals surface area contributed by atoms with Crippen molar-refractivity contribution in [2.24, 2.45) is 5.16 Å². The van der Waals surface area contributed by atoms with Crippen LogP contribution in [0.4, 0.5) is 0 Å². The summed E-state index contributed by atoms with van der Waals surface area (Å²) in [6.45, 7) is 1.87. The first kappa shape index (κ1) is 18.0. The molecule has 1 heterocycles. The Labute approximate surface area is 156 Å². The summed E-state index contributed by atoms with van der Waals surface area (Å²) in [7, 11) is -3.98. The first-order valence-corrected chi connectivity index (χ1v) is 9.86. The van der Waals surface area contributed by atoms with E-state index in [4.69, 9.17) is 4.28 Å². The van der Waals surface area contributed by atoms with E-state index in [-0.39, 0.29) is 4.90 Å². The minimum Gasteiger partial charge on any atom is -0.264 e. The lowest BCUT2D eigenvalue weighted by atomic mass is 10.1. The van der Waals surface area contributed by atoms with E-state index in [1.54, 1.807) is 24.3 Å². The molecule has 0 amide bonds. The lowest BCUT2D eigenvalue weighted by Gasteiger charge is -2.03. The van der Waals surface area contributed by atoms with Crippen molar-refractivity contribution in [3.63, 3.8) is 0 Å². The van der Waals surface area contributed by atoms with Gasteiger partial charge in [0.2, 0.25) is 0 Å². The zero-order chi connectivity index (χ0) is 18.6. The molecule has 0 aliphatic carbocycles. The third-order valence-electron chi connectivity index (χ3n) is 3.55. The number of rotatable bonds is 4. The van der Waals surface area contributed by atoms with Crippen LogP contribution in [0.15, 0.2) is 81.7 Å². The maximum absolute atomic E-state index is 12.2. The average Bonchev–Trinajstić information content (AvgIpc) is 3.11. The highest BCUT2D eigenvalue weighted by Gasteiger charge is 2.19. The molecule has 7 heteroatoms. The summed E-state index contributed by atoms with van der Waals surface area (Å²) < 4.78 is 29.1. The van der Waals surface area contributed by atoms with Crippen molar-refractivity contribution in [3.8, 4) is 6.07 Å². The van der Waals surface area contributed by atoms with E-state index in [0.29, 0.717) is 15.5 Å². The molecule has 2 aromatic rings. The number of nitriles is 1. The van der Waals surface area contributed by atoms with Crippen LogP contribution in [0.2, 0.25) is 0 Å². The van der Waals surface area contributed by atoms with Gasteiger partial charge in [-0.25, -0.2) is 0 Å². The van der Waals surface area contributed by atoms with Crippen LogP contribution in [0.3, 0.4) is 0 Å². The Kier molecular flexibility index (Phi) is 5.26. The Morgan fingerprint density at radius 1 is 1.08 bits per heavy atom. The highest BCUT2D eigenvalue weighted by Crippen LogP contribution is 2.34. The smallest absolute Gasteiger partial charge is 0.264 e. The van der Waals surface area contributed by atoms with Crippen molar-refractivity contribution in [1.82, 2.24) is 0 Å². The molecule has 0 fully saturated rings. The molecule has 3 rings (SSSR count). The van der Waals surface area contributed by atoms with E-state index < -0.39 is 10.1 Å². The molecule has 0 atom stereocenters. The molecule has 0 saturated carbocycles. The van der Waals surface area contributed by atoms with Crippen molar-refractivity contribution >= 4 is 32.5 Å². The predicted octanol–water partition coefficient (Wildman–Crippen LogP) is 4.25. The van der Waals surface area contributed by atoms with Crippen LogP contribution in [0.5, 0.6) is 0 Å². The van der Waals surface area contributed by atoms with Gasteiger partial charge in [-0.3, -0.25) is 4.28 Å². The number of benzene rings is 2. The van der Waals surface area contributed by atoms with Crippen LogP contribution in [-0.4, -0.2) is 13.5 Å². The summed E-state index contributed by atoms with van der Waals surface area (Å²) in [5.41, 5.74) is 2.24. The van der Waals surface area contributed by atoms with Crippen LogP contribution in [0.1, 0.15) is 11.1 Å². The van der Waals surface area contributed by atoms with Crippen molar-refractivity contribution in [2.45, 2.75) is 11.8 Å². The van der Waals surface area contributed by atoms with Crippen LogP contribution < -0.4 is 0 Å². The Bertz CT molecular complexity index is 1050. The Morgan fingerprint density at radius 3 is 2.42 bits per heavy atom. The standard InChI is InChI=1S/C19H14N2O3S2/c1-14-7-9-16(10-8-14)26(22,23)24-21-19-12-11-18(25-19)17(13-20)15-5-3-2-4-6-15/h2-12H,1H3/b18-17-,21-19-. The van der Waals surface area contributed by atoms with Gasteiger partial charge in [0.1, 0.15) is 16.0 Å². The summed E-state index contributed by atoms with van der Waals surface area (Å²) in [6.07, 6.45) is 3.34. The molecule has 0 saturated heterocycles. The molecule has 5 nitrogen and oxygen atoms in total. The van der Waals surface area contributed by atoms with Crippen LogP contribution in [0, 0.1) is 18.3 Å². The summed E-state index contributed by atoms with van der Waals surface area (Å²) in [4.78, 5) is 0.728. The van der Waals surface area contributed by atoms with Crippen molar-refractivity contribution in [2.75, 3.05) is 0 Å². The monoisotopic (exact) mass is 382 g/mol. The molecule has 0 radical (unpaired) electrons. The Hall–Kier alpha value is -2.82. The average molecular weight is 382 g/mol. The van der Waals surface area contributed by atoms with E-state index in [1.807, 2.05) is 37.3 Å². The van der Waals surface area contributed by atoms with Gasteiger partial charge in [-0.1, -0.05) is 64.9 Å². The van der Waals surface area contributed by atoms with E-state index >= 15 is 0 Å². The third-order valence-corrected chi connectivity index (χ3v) is 5.65. The third kappa shape index (κ3) is 4.04. The molecular weight excluding hydrogens is 368 g/mol. The number of hydrogen-bond donors (Lipinski definition) is 0. The zero-order valence-electron chi connectivity index (χ0n) is 13.8. The molecule has 26 heavy (non-hydrogen) atoms. The number of aryl methyl sites for hydroxylation is 1. The van der Waals surface area contributed by atoms with Crippen LogP contribution in [0.25, 0.3) is 5.57 Å². The quantitative estimate of drug-likeness (QED) is 0.583. The predicted molar refractivity (Wildman–Crippen MR) is 103 cm³/mol. The first-order chi connectivity index (χ1) is 12.5. The number of oxime groups is 1. The lowest BCUT2D eigenvalue weighted by molar-refractivity contribution is 0.340. The van der Waals surface area contributed by atoms with Gasteiger partial charge in [0, 0.05) is 4.91 Å². The molecule has 2 aromatic carbocycles. The molecule has 0 N–H and O–H groups in total. The summed E-state index contributed by atoms with van der Waals surface area (Å²) in [5.74, 6) is 0. The van der Waals surface area contributed by atoms with E-state index in [0.717, 1.165) is 11.1 Å². The second kappa shape index (κ2) is 7.60. The van der Waals surface area contributed by atoms with Gasteiger partial charge in [0.25, 0.3) is 0 Å². The SMILES string of the molecule is Cc1ccc(S(=O)(=O)O/N=C2C=C/C(=C(\C#N)c3ccccc3)S/2)cc1. The van der Waals surface area contributed by atoms with Crippen molar-refractivity contribution in [1.29, 1.82) is 5.26 Å². The lowest BCUT2D eigenvalue weighted by Crippen LogP contribution is -2.03. The second-order valence-electron chi connectivity index (χ2n) is 5.42. The van der Waals surface area contributed by atoms with E-state index in [1.165, 1.54) is 23.9 Å². The van der Waals surface area contributed by atoms with Gasteiger partial charge in [-0.2, -0.15) is 13.7 Å². The molecule has 130 valence electrons. The van der Waals surface area contributed by atoms with Crippen molar-refractivity contribution in [3.05, 3.63) is 82.8 Å². The molecule has 0 aromatic heterocycles. The summed E-state index contributed by atoms with van der Waals surface area (Å²) in [5, 5.41) is 13.5. The maximum Gasteiger partial charge on any atom is 0.358 e. The fourth-order valence-corrected chi connectivity index (χ4v) is 3.83. The van der Waals surface area contributed by atoms with Crippen LogP contribution in [-0.2, 0) is 14.4 Å². The van der Waals surface area contributed by atoms with Gasteiger partial charge in [-0.05, 0) is 36.8 Å². The van der Waals surface area contributed by atoms with Crippen LogP contribution >= 0.6 is 11.8 Å². The highest BCUT2D eigenvalue weighted by atomic mass is 32.2. The molecular formula is C19H14N2O3S2. The maximum atomic E-state index is 12.2. The molecule has 0 bridgehead atoms. The van der Waals surface area contributed by atoms with Gasteiger partial charge < -0.3 is 0 Å². The number of thioether (sulfide) groups is 1. The normalized spacial score (nSPS) is 17.2. The molecule has 0 unspecified atom stereocenters. The second-order valence-corrected chi connectivity index (χ2v) is 8.01. The highest BCUT2D eigenvalue weighted by molar-refractivity contribution is 8.18. The number of nitrogens with zero attached hydrogens (tertiary/aromatic N) is 2. The zero-order valence-corrected chi connectivity index (χ0v) is 15.4. The Morgan fingerprint density at radius 2 is 1.77 bits per heavy atom. The van der Waals surface area contributed by atoms with Gasteiger partial charge >= 0.3 is 10.1 Å². The fourth-order valence-electron chi connectivity index (χ4n) is 2.21. The van der Waals surface area contributed by atoms with Gasteiger partial charge in [-0.15, -0.1) is 0 Å². The molecule has 1 aliphatic heterocycles. The number of hydrogen-bond acceptors (Lipinski definition) is 6. The first-order valence-electron chi connectivity index (χ1n) is 7.63.